The highest BCUT2D eigenvalue weighted by Crippen LogP contribution is 2.29. The summed E-state index contributed by atoms with van der Waals surface area (Å²) in [6.45, 7) is 4.79. The van der Waals surface area contributed by atoms with E-state index in [1.54, 1.807) is 12.3 Å². The number of pyridine rings is 1. The Hall–Kier alpha value is -3.61. The van der Waals surface area contributed by atoms with Gasteiger partial charge in [0.2, 0.25) is 0 Å². The van der Waals surface area contributed by atoms with Gasteiger partial charge in [-0.05, 0) is 37.6 Å². The van der Waals surface area contributed by atoms with Crippen LogP contribution in [0.25, 0.3) is 16.8 Å². The van der Waals surface area contributed by atoms with Gasteiger partial charge in [0.1, 0.15) is 11.5 Å². The first-order valence-electron chi connectivity index (χ1n) is 8.65. The second kappa shape index (κ2) is 7.74. The van der Waals surface area contributed by atoms with Gasteiger partial charge in [0.25, 0.3) is 0 Å². The molecule has 0 unspecified atom stereocenters. The minimum Gasteiger partial charge on any atom is -0.398 e. The summed E-state index contributed by atoms with van der Waals surface area (Å²) >= 11 is 0. The van der Waals surface area contributed by atoms with E-state index in [-0.39, 0.29) is 0 Å². The van der Waals surface area contributed by atoms with Gasteiger partial charge < -0.3 is 26.6 Å². The highest BCUT2D eigenvalue weighted by atomic mass is 15.0. The Balaban J connectivity index is 2.09. The number of rotatable bonds is 6. The van der Waals surface area contributed by atoms with Gasteiger partial charge in [-0.15, -0.1) is 0 Å². The first kappa shape index (κ1) is 18.2. The number of anilines is 1. The lowest BCUT2D eigenvalue weighted by Gasteiger charge is -2.09. The van der Waals surface area contributed by atoms with Crippen molar-refractivity contribution < 1.29 is 0 Å². The van der Waals surface area contributed by atoms with Crippen molar-refractivity contribution in [2.75, 3.05) is 12.3 Å². The second-order valence-electron chi connectivity index (χ2n) is 6.15. The zero-order chi connectivity index (χ0) is 19.4. The fraction of sp³-hybridized carbons (Fsp3) is 0.150. The fourth-order valence-corrected chi connectivity index (χ4v) is 2.86. The number of nitrogens with one attached hydrogen (secondary N) is 2. The predicted octanol–water partition coefficient (Wildman–Crippen LogP) is 3.08. The molecule has 0 aliphatic carbocycles. The van der Waals surface area contributed by atoms with E-state index in [2.05, 4.69) is 15.3 Å². The van der Waals surface area contributed by atoms with E-state index >= 15 is 0 Å². The summed E-state index contributed by atoms with van der Waals surface area (Å²) in [7, 11) is 0. The van der Waals surface area contributed by atoms with Gasteiger partial charge in [-0.25, -0.2) is 9.98 Å². The molecule has 2 aromatic heterocycles. The number of hydrogen-bond acceptors (Lipinski definition) is 5. The lowest BCUT2D eigenvalue weighted by atomic mass is 10.0. The number of nitrogen functional groups attached to an aromatic ring is 1. The van der Waals surface area contributed by atoms with E-state index in [1.807, 2.05) is 54.9 Å². The Kier molecular flexibility index (Phi) is 5.21. The van der Waals surface area contributed by atoms with Crippen LogP contribution in [-0.2, 0) is 0 Å². The molecule has 3 rings (SSSR count). The molecule has 7 nitrogen and oxygen atoms in total. The van der Waals surface area contributed by atoms with Gasteiger partial charge in [0.05, 0.1) is 0 Å². The normalized spacial score (nSPS) is 12.4. The fourth-order valence-electron chi connectivity index (χ4n) is 2.86. The minimum atomic E-state index is 0.397. The molecule has 1 aromatic carbocycles. The molecule has 0 saturated heterocycles. The number of aromatic nitrogens is 2. The number of nitrogens with zero attached hydrogens (tertiary/aromatic N) is 3. The van der Waals surface area contributed by atoms with Crippen LogP contribution < -0.4 is 16.8 Å². The van der Waals surface area contributed by atoms with Crippen LogP contribution in [0.5, 0.6) is 0 Å². The van der Waals surface area contributed by atoms with Crippen molar-refractivity contribution in [2.24, 2.45) is 10.7 Å². The third kappa shape index (κ3) is 3.98. The molecule has 0 bridgehead atoms. The van der Waals surface area contributed by atoms with E-state index in [0.717, 1.165) is 29.0 Å². The van der Waals surface area contributed by atoms with Gasteiger partial charge in [0.15, 0.2) is 5.65 Å². The molecule has 27 heavy (non-hydrogen) atoms. The molecule has 0 radical (unpaired) electrons. The summed E-state index contributed by atoms with van der Waals surface area (Å²) in [4.78, 5) is 8.93. The van der Waals surface area contributed by atoms with Crippen LogP contribution in [0.2, 0.25) is 0 Å². The maximum Gasteiger partial charge on any atom is 0.162 e. The number of nitrogens with two attached hydrogens (primary N) is 2. The maximum absolute atomic E-state index is 7.38. The number of aliphatic imine (C=N–C) groups is 1. The molecule has 0 atom stereocenters. The van der Waals surface area contributed by atoms with Crippen LogP contribution in [0.15, 0.2) is 59.6 Å². The van der Waals surface area contributed by atoms with Crippen LogP contribution in [0.4, 0.5) is 11.4 Å². The van der Waals surface area contributed by atoms with E-state index in [1.165, 1.54) is 6.21 Å². The van der Waals surface area contributed by atoms with Crippen molar-refractivity contribution in [1.29, 1.82) is 5.41 Å². The van der Waals surface area contributed by atoms with Crippen molar-refractivity contribution in [2.45, 2.75) is 13.8 Å². The van der Waals surface area contributed by atoms with Gasteiger partial charge in [-0.2, -0.15) is 0 Å². The average molecular weight is 361 g/mol. The first-order valence-corrected chi connectivity index (χ1v) is 8.65. The summed E-state index contributed by atoms with van der Waals surface area (Å²) < 4.78 is 1.91. The maximum atomic E-state index is 7.38. The molecule has 6 N–H and O–H groups in total. The predicted molar refractivity (Wildman–Crippen MR) is 112 cm³/mol. The summed E-state index contributed by atoms with van der Waals surface area (Å²) in [6, 6.07) is 7.55. The number of fused-ring (bicyclic) bond motifs is 1. The standard InChI is InChI=1S/C20H23N7/c1-3-24-13(2)8-19(23)26-18-10-16(12-27-7-6-25-20(18)27)14-4-5-15(11-21)17(22)9-14/h4-12,21,24H,3,22H2,1-2H3,(H2,23,26)/b13-8-,21-11?. The van der Waals surface area contributed by atoms with Crippen molar-refractivity contribution in [3.63, 3.8) is 0 Å². The second-order valence-corrected chi connectivity index (χ2v) is 6.15. The summed E-state index contributed by atoms with van der Waals surface area (Å²) in [5, 5.41) is 10.6. The summed E-state index contributed by atoms with van der Waals surface area (Å²) in [6.07, 6.45) is 8.60. The lowest BCUT2D eigenvalue weighted by Crippen LogP contribution is -2.15. The molecule has 0 aliphatic rings. The number of hydrogen-bond donors (Lipinski definition) is 4. The Morgan fingerprint density at radius 2 is 2.15 bits per heavy atom. The molecule has 2 heterocycles. The molecule has 7 heteroatoms. The largest absolute Gasteiger partial charge is 0.398 e. The monoisotopic (exact) mass is 361 g/mol. The zero-order valence-electron chi connectivity index (χ0n) is 15.4. The number of amidine groups is 1. The smallest absolute Gasteiger partial charge is 0.162 e. The number of imidazole rings is 1. The topological polar surface area (TPSA) is 118 Å². The molecule has 0 spiro atoms. The first-order chi connectivity index (χ1) is 13.0. The molecule has 0 amide bonds. The van der Waals surface area contributed by atoms with E-state index in [0.29, 0.717) is 22.8 Å². The van der Waals surface area contributed by atoms with Crippen LogP contribution in [-0.4, -0.2) is 28.0 Å². The van der Waals surface area contributed by atoms with Gasteiger partial charge in [-0.1, -0.05) is 12.1 Å². The third-order valence-electron chi connectivity index (χ3n) is 4.11. The quantitative estimate of drug-likeness (QED) is 0.306. The Morgan fingerprint density at radius 3 is 2.85 bits per heavy atom. The molecule has 3 aromatic rings. The molecule has 138 valence electrons. The van der Waals surface area contributed by atoms with Crippen LogP contribution in [0, 0.1) is 5.41 Å². The Labute approximate surface area is 158 Å². The Morgan fingerprint density at radius 1 is 1.33 bits per heavy atom. The highest BCUT2D eigenvalue weighted by molar-refractivity contribution is 5.95. The molecular weight excluding hydrogens is 338 g/mol. The molecule has 0 aliphatic heterocycles. The van der Waals surface area contributed by atoms with E-state index < -0.39 is 0 Å². The lowest BCUT2D eigenvalue weighted by molar-refractivity contribution is 0.855. The highest BCUT2D eigenvalue weighted by Gasteiger charge is 2.08. The van der Waals surface area contributed by atoms with Crippen LogP contribution >= 0.6 is 0 Å². The van der Waals surface area contributed by atoms with Gasteiger partial charge >= 0.3 is 0 Å². The van der Waals surface area contributed by atoms with Crippen molar-refractivity contribution in [3.8, 4) is 11.1 Å². The van der Waals surface area contributed by atoms with Crippen LogP contribution in [0.3, 0.4) is 0 Å². The van der Waals surface area contributed by atoms with Crippen molar-refractivity contribution in [3.05, 3.63) is 60.2 Å². The molecule has 0 fully saturated rings. The van der Waals surface area contributed by atoms with E-state index in [9.17, 15) is 0 Å². The molecular formula is C20H23N7. The van der Waals surface area contributed by atoms with Crippen LogP contribution in [0.1, 0.15) is 19.4 Å². The van der Waals surface area contributed by atoms with Crippen molar-refractivity contribution >= 4 is 29.1 Å². The minimum absolute atomic E-state index is 0.397. The summed E-state index contributed by atoms with van der Waals surface area (Å²) in [5.74, 6) is 0.397. The number of allylic oxidation sites excluding steroid dienone is 1. The van der Waals surface area contributed by atoms with Crippen molar-refractivity contribution in [1.82, 2.24) is 14.7 Å². The molecule has 0 saturated carbocycles. The van der Waals surface area contributed by atoms with Gasteiger partial charge in [0, 0.05) is 53.9 Å². The number of benzene rings is 1. The SMILES string of the molecule is CCN/C(C)=C\C(N)=Nc1cc(-c2ccc(C=N)c(N)c2)cn2ccnc12. The average Bonchev–Trinajstić information content (AvgIpc) is 3.10. The van der Waals surface area contributed by atoms with Gasteiger partial charge in [-0.3, -0.25) is 0 Å². The Bertz CT molecular complexity index is 1040. The third-order valence-corrected chi connectivity index (χ3v) is 4.11. The van der Waals surface area contributed by atoms with E-state index in [4.69, 9.17) is 16.9 Å². The summed E-state index contributed by atoms with van der Waals surface area (Å²) in [5.41, 5.74) is 17.6. The zero-order valence-corrected chi connectivity index (χ0v) is 15.4.